The maximum absolute atomic E-state index is 11.4. The number of sulfonamides is 1. The van der Waals surface area contributed by atoms with Crippen LogP contribution in [0.15, 0.2) is 36.2 Å². The lowest BCUT2D eigenvalue weighted by Crippen LogP contribution is -2.40. The molecule has 0 radical (unpaired) electrons. The smallest absolute Gasteiger partial charge is 0.232 e. The van der Waals surface area contributed by atoms with Crippen LogP contribution in [0.1, 0.15) is 0 Å². The largest absolute Gasteiger partial charge is 0.400 e. The molecule has 14 heavy (non-hydrogen) atoms. The molecule has 0 spiro atoms. The summed E-state index contributed by atoms with van der Waals surface area (Å²) in [5, 5.41) is 0. The number of rotatable bonds is 1. The lowest BCUT2D eigenvalue weighted by Gasteiger charge is -2.28. The Bertz CT molecular complexity index is 434. The van der Waals surface area contributed by atoms with Gasteiger partial charge in [-0.3, -0.25) is 4.31 Å². The lowest BCUT2D eigenvalue weighted by molar-refractivity contribution is 0.427. The highest BCUT2D eigenvalue weighted by Crippen LogP contribution is 2.30. The molecule has 1 aliphatic carbocycles. The van der Waals surface area contributed by atoms with Gasteiger partial charge in [-0.1, -0.05) is 18.2 Å². The maximum Gasteiger partial charge on any atom is 0.232 e. The van der Waals surface area contributed by atoms with Crippen molar-refractivity contribution in [3.05, 3.63) is 36.2 Å². The summed E-state index contributed by atoms with van der Waals surface area (Å²) < 4.78 is 24.1. The summed E-state index contributed by atoms with van der Waals surface area (Å²) in [4.78, 5) is 0. The van der Waals surface area contributed by atoms with Crippen LogP contribution in [0.3, 0.4) is 0 Å². The van der Waals surface area contributed by atoms with Crippen LogP contribution in [0.25, 0.3) is 0 Å². The second-order valence-corrected chi connectivity index (χ2v) is 5.40. The second kappa shape index (κ2) is 2.88. The van der Waals surface area contributed by atoms with Gasteiger partial charge in [0.2, 0.25) is 10.0 Å². The number of nitrogens with two attached hydrogens (primary N) is 1. The molecule has 0 saturated carbocycles. The van der Waals surface area contributed by atoms with Crippen molar-refractivity contribution in [1.82, 2.24) is 4.31 Å². The van der Waals surface area contributed by atoms with E-state index in [1.165, 1.54) is 10.6 Å². The van der Waals surface area contributed by atoms with Gasteiger partial charge in [0, 0.05) is 17.8 Å². The first-order chi connectivity index (χ1) is 6.50. The summed E-state index contributed by atoms with van der Waals surface area (Å²) in [5.41, 5.74) is 6.36. The minimum absolute atomic E-state index is 0.0784. The molecule has 0 aromatic heterocycles. The maximum atomic E-state index is 11.4. The minimum Gasteiger partial charge on any atom is -0.400 e. The molecule has 0 aromatic rings. The van der Waals surface area contributed by atoms with E-state index in [0.717, 1.165) is 0 Å². The number of fused-ring (bicyclic) bond motifs is 1. The van der Waals surface area contributed by atoms with Crippen molar-refractivity contribution in [2.75, 3.05) is 6.26 Å². The van der Waals surface area contributed by atoms with Gasteiger partial charge in [-0.05, 0) is 6.08 Å². The molecule has 0 fully saturated rings. The first-order valence-corrected chi connectivity index (χ1v) is 6.15. The van der Waals surface area contributed by atoms with E-state index in [2.05, 4.69) is 0 Å². The van der Waals surface area contributed by atoms with Crippen LogP contribution >= 0.6 is 0 Å². The van der Waals surface area contributed by atoms with Crippen LogP contribution in [0.5, 0.6) is 0 Å². The van der Waals surface area contributed by atoms with Crippen molar-refractivity contribution in [2.24, 2.45) is 11.7 Å². The molecular formula is C9H12N2O2S. The first-order valence-electron chi connectivity index (χ1n) is 4.31. The predicted molar refractivity (Wildman–Crippen MR) is 54.5 cm³/mol. The average molecular weight is 212 g/mol. The van der Waals surface area contributed by atoms with Gasteiger partial charge in [-0.15, -0.1) is 0 Å². The second-order valence-electron chi connectivity index (χ2n) is 3.51. The van der Waals surface area contributed by atoms with E-state index in [9.17, 15) is 8.42 Å². The van der Waals surface area contributed by atoms with Crippen molar-refractivity contribution in [3.8, 4) is 0 Å². The zero-order valence-electron chi connectivity index (χ0n) is 7.79. The van der Waals surface area contributed by atoms with Crippen molar-refractivity contribution < 1.29 is 8.42 Å². The van der Waals surface area contributed by atoms with Crippen LogP contribution in [0.2, 0.25) is 0 Å². The highest BCUT2D eigenvalue weighted by atomic mass is 32.2. The normalized spacial score (nSPS) is 30.4. The molecule has 1 heterocycles. The monoisotopic (exact) mass is 212 g/mol. The molecule has 0 bridgehead atoms. The molecule has 5 heteroatoms. The van der Waals surface area contributed by atoms with E-state index in [1.54, 1.807) is 12.3 Å². The van der Waals surface area contributed by atoms with Crippen LogP contribution in [0.4, 0.5) is 0 Å². The number of allylic oxidation sites excluding steroid dienone is 2. The van der Waals surface area contributed by atoms with Gasteiger partial charge in [0.15, 0.2) is 0 Å². The molecule has 2 unspecified atom stereocenters. The highest BCUT2D eigenvalue weighted by molar-refractivity contribution is 7.88. The molecule has 2 N–H and O–H groups in total. The van der Waals surface area contributed by atoms with E-state index in [1.807, 2.05) is 18.2 Å². The molecule has 4 nitrogen and oxygen atoms in total. The molecule has 2 aliphatic rings. The third-order valence-corrected chi connectivity index (χ3v) is 3.56. The van der Waals surface area contributed by atoms with E-state index >= 15 is 0 Å². The molecule has 0 aromatic carbocycles. The van der Waals surface area contributed by atoms with E-state index in [-0.39, 0.29) is 12.0 Å². The zero-order chi connectivity index (χ0) is 10.3. The van der Waals surface area contributed by atoms with Crippen molar-refractivity contribution in [3.63, 3.8) is 0 Å². The lowest BCUT2D eigenvalue weighted by atomic mass is 9.95. The van der Waals surface area contributed by atoms with Gasteiger partial charge >= 0.3 is 0 Å². The van der Waals surface area contributed by atoms with Gasteiger partial charge in [-0.2, -0.15) is 0 Å². The molecule has 0 amide bonds. The van der Waals surface area contributed by atoms with Crippen LogP contribution < -0.4 is 5.73 Å². The molecule has 76 valence electrons. The fraction of sp³-hybridized carbons (Fsp3) is 0.333. The number of nitrogens with zero attached hydrogens (tertiary/aromatic N) is 1. The van der Waals surface area contributed by atoms with Gasteiger partial charge < -0.3 is 5.73 Å². The Balaban J connectivity index is 2.39. The van der Waals surface area contributed by atoms with Crippen molar-refractivity contribution in [2.45, 2.75) is 6.04 Å². The molecule has 1 aliphatic heterocycles. The first kappa shape index (κ1) is 9.33. The quantitative estimate of drug-likeness (QED) is 0.674. The molecule has 2 atom stereocenters. The Kier molecular flexibility index (Phi) is 1.92. The Morgan fingerprint density at radius 3 is 2.79 bits per heavy atom. The Morgan fingerprint density at radius 1 is 1.43 bits per heavy atom. The standard InChI is InChI=1S/C9H12N2O2S/c1-14(12,13)11-6-5-7-3-2-4-8(10)9(7)11/h2-7,9H,10H2,1H3. The van der Waals surface area contributed by atoms with Crippen LogP contribution in [-0.4, -0.2) is 25.0 Å². The Morgan fingerprint density at radius 2 is 2.14 bits per heavy atom. The van der Waals surface area contributed by atoms with Crippen molar-refractivity contribution in [1.29, 1.82) is 0 Å². The minimum atomic E-state index is -3.21. The zero-order valence-corrected chi connectivity index (χ0v) is 8.61. The SMILES string of the molecule is CS(=O)(=O)N1C=CC2C=CC=C(N)C21. The van der Waals surface area contributed by atoms with E-state index < -0.39 is 10.0 Å². The number of hydrogen-bond acceptors (Lipinski definition) is 3. The number of hydrogen-bond donors (Lipinski definition) is 1. The predicted octanol–water partition coefficient (Wildman–Crippen LogP) is 0.173. The third-order valence-electron chi connectivity index (χ3n) is 2.44. The van der Waals surface area contributed by atoms with Gasteiger partial charge in [0.1, 0.15) is 0 Å². The Labute approximate surface area is 83.4 Å². The van der Waals surface area contributed by atoms with Crippen LogP contribution in [0, 0.1) is 5.92 Å². The summed E-state index contributed by atoms with van der Waals surface area (Å²) >= 11 is 0. The van der Waals surface area contributed by atoms with Crippen LogP contribution in [-0.2, 0) is 10.0 Å². The summed E-state index contributed by atoms with van der Waals surface area (Å²) in [6, 6.07) is -0.255. The van der Waals surface area contributed by atoms with Gasteiger partial charge in [-0.25, -0.2) is 8.42 Å². The molecule has 2 rings (SSSR count). The Hall–Kier alpha value is -1.23. The summed E-state index contributed by atoms with van der Waals surface area (Å²) in [6.07, 6.45) is 10.2. The summed E-state index contributed by atoms with van der Waals surface area (Å²) in [7, 11) is -3.21. The van der Waals surface area contributed by atoms with E-state index in [0.29, 0.717) is 5.70 Å². The topological polar surface area (TPSA) is 63.4 Å². The fourth-order valence-corrected chi connectivity index (χ4v) is 2.77. The van der Waals surface area contributed by atoms with E-state index in [4.69, 9.17) is 5.73 Å². The summed E-state index contributed by atoms with van der Waals surface area (Å²) in [5.74, 6) is 0.0784. The fourth-order valence-electron chi connectivity index (χ4n) is 1.80. The van der Waals surface area contributed by atoms with Crippen molar-refractivity contribution >= 4 is 10.0 Å². The average Bonchev–Trinajstić information content (AvgIpc) is 2.47. The van der Waals surface area contributed by atoms with Gasteiger partial charge in [0.05, 0.1) is 12.3 Å². The third kappa shape index (κ3) is 1.33. The van der Waals surface area contributed by atoms with Gasteiger partial charge in [0.25, 0.3) is 0 Å². The molecule has 0 saturated heterocycles. The molecular weight excluding hydrogens is 200 g/mol. The highest BCUT2D eigenvalue weighted by Gasteiger charge is 2.35. The summed E-state index contributed by atoms with van der Waals surface area (Å²) in [6.45, 7) is 0.